The Morgan fingerprint density at radius 1 is 1.83 bits per heavy atom. The number of imidazole rings is 1. The van der Waals surface area contributed by atoms with E-state index in [2.05, 4.69) is 15.3 Å². The first-order valence-electron chi connectivity index (χ1n) is 3.77. The molecule has 4 nitrogen and oxygen atoms in total. The second-order valence-corrected chi connectivity index (χ2v) is 3.43. The van der Waals surface area contributed by atoms with Gasteiger partial charge in [-0.2, -0.15) is 0 Å². The fourth-order valence-corrected chi connectivity index (χ4v) is 1.55. The second kappa shape index (κ2) is 5.18. The Balaban J connectivity index is 2.17. The van der Waals surface area contributed by atoms with Crippen molar-refractivity contribution in [2.45, 2.75) is 11.3 Å². The van der Waals surface area contributed by atoms with Crippen LogP contribution in [-0.4, -0.2) is 40.5 Å². The van der Waals surface area contributed by atoms with Gasteiger partial charge >= 0.3 is 0 Å². The molecule has 0 radical (unpaired) electrons. The minimum absolute atomic E-state index is 0.315. The van der Waals surface area contributed by atoms with Crippen molar-refractivity contribution >= 4 is 11.8 Å². The summed E-state index contributed by atoms with van der Waals surface area (Å²) in [6.45, 7) is 0.619. The number of aromatic amines is 1. The lowest BCUT2D eigenvalue weighted by Crippen LogP contribution is -2.25. The van der Waals surface area contributed by atoms with Crippen LogP contribution in [0.25, 0.3) is 0 Å². The summed E-state index contributed by atoms with van der Waals surface area (Å²) in [6.07, 6.45) is 3.16. The number of aliphatic hydroxyl groups is 1. The predicted octanol–water partition coefficient (Wildman–Crippen LogP) is 0.0821. The summed E-state index contributed by atoms with van der Waals surface area (Å²) in [5.74, 6) is 0.661. The van der Waals surface area contributed by atoms with E-state index in [0.29, 0.717) is 12.3 Å². The number of likely N-dealkylation sites (N-methyl/N-ethyl adjacent to an activating group) is 1. The lowest BCUT2D eigenvalue weighted by atomic mass is 10.4. The number of rotatable bonds is 5. The van der Waals surface area contributed by atoms with Gasteiger partial charge in [-0.1, -0.05) is 11.8 Å². The molecule has 0 aliphatic rings. The molecule has 0 aliphatic carbocycles. The van der Waals surface area contributed by atoms with Gasteiger partial charge < -0.3 is 15.4 Å². The number of nitrogens with zero attached hydrogens (tertiary/aromatic N) is 1. The normalized spacial score (nSPS) is 13.2. The largest absolute Gasteiger partial charge is 0.391 e. The van der Waals surface area contributed by atoms with E-state index in [1.54, 1.807) is 12.4 Å². The number of aliphatic hydroxyl groups excluding tert-OH is 1. The standard InChI is InChI=1S/C7H13N3OS/c1-8-4-6(11)5-12-7-9-2-3-10-7/h2-3,6,8,11H,4-5H2,1H3,(H,9,10). The summed E-state index contributed by atoms with van der Waals surface area (Å²) in [5.41, 5.74) is 0. The third kappa shape index (κ3) is 3.25. The quantitative estimate of drug-likeness (QED) is 0.571. The van der Waals surface area contributed by atoms with Crippen molar-refractivity contribution in [3.63, 3.8) is 0 Å². The van der Waals surface area contributed by atoms with Crippen LogP contribution in [0.2, 0.25) is 0 Å². The van der Waals surface area contributed by atoms with Crippen molar-refractivity contribution in [2.75, 3.05) is 19.3 Å². The van der Waals surface area contributed by atoms with Crippen molar-refractivity contribution in [3.8, 4) is 0 Å². The van der Waals surface area contributed by atoms with Gasteiger partial charge in [-0.3, -0.25) is 0 Å². The summed E-state index contributed by atoms with van der Waals surface area (Å²) < 4.78 is 0. The van der Waals surface area contributed by atoms with Crippen LogP contribution in [0.1, 0.15) is 0 Å². The summed E-state index contributed by atoms with van der Waals surface area (Å²) >= 11 is 1.52. The van der Waals surface area contributed by atoms with E-state index >= 15 is 0 Å². The third-order valence-corrected chi connectivity index (χ3v) is 2.37. The predicted molar refractivity (Wildman–Crippen MR) is 49.2 cm³/mol. The zero-order chi connectivity index (χ0) is 8.81. The van der Waals surface area contributed by atoms with Crippen molar-refractivity contribution in [2.24, 2.45) is 0 Å². The number of nitrogens with one attached hydrogen (secondary N) is 2. The molecule has 0 aliphatic heterocycles. The molecular weight excluding hydrogens is 174 g/mol. The van der Waals surface area contributed by atoms with Crippen LogP contribution in [0.3, 0.4) is 0 Å². The highest BCUT2D eigenvalue weighted by atomic mass is 32.2. The minimum atomic E-state index is -0.315. The summed E-state index contributed by atoms with van der Waals surface area (Å²) in [6, 6.07) is 0. The summed E-state index contributed by atoms with van der Waals surface area (Å²) in [7, 11) is 1.82. The Hall–Kier alpha value is -0.520. The zero-order valence-corrected chi connectivity index (χ0v) is 7.77. The van der Waals surface area contributed by atoms with Crippen LogP contribution >= 0.6 is 11.8 Å². The highest BCUT2D eigenvalue weighted by molar-refractivity contribution is 7.99. The SMILES string of the molecule is CNCC(O)CSc1ncc[nH]1. The van der Waals surface area contributed by atoms with Gasteiger partial charge in [0.05, 0.1) is 6.10 Å². The van der Waals surface area contributed by atoms with E-state index in [4.69, 9.17) is 0 Å². The highest BCUT2D eigenvalue weighted by Crippen LogP contribution is 2.12. The van der Waals surface area contributed by atoms with Gasteiger partial charge in [0.25, 0.3) is 0 Å². The third-order valence-electron chi connectivity index (χ3n) is 1.33. The second-order valence-electron chi connectivity index (χ2n) is 2.42. The van der Waals surface area contributed by atoms with E-state index in [-0.39, 0.29) is 6.10 Å². The number of aromatic nitrogens is 2. The summed E-state index contributed by atoms with van der Waals surface area (Å²) in [5, 5.41) is 13.1. The van der Waals surface area contributed by atoms with Crippen LogP contribution in [0.5, 0.6) is 0 Å². The smallest absolute Gasteiger partial charge is 0.165 e. The van der Waals surface area contributed by atoms with Gasteiger partial charge in [0.1, 0.15) is 0 Å². The average Bonchev–Trinajstić information content (AvgIpc) is 2.53. The van der Waals surface area contributed by atoms with Crippen LogP contribution in [-0.2, 0) is 0 Å². The number of H-pyrrole nitrogens is 1. The van der Waals surface area contributed by atoms with E-state index < -0.39 is 0 Å². The topological polar surface area (TPSA) is 60.9 Å². The zero-order valence-electron chi connectivity index (χ0n) is 6.95. The summed E-state index contributed by atoms with van der Waals surface area (Å²) in [4.78, 5) is 6.98. The van der Waals surface area contributed by atoms with Crippen molar-refractivity contribution in [1.82, 2.24) is 15.3 Å². The molecule has 12 heavy (non-hydrogen) atoms. The average molecular weight is 187 g/mol. The van der Waals surface area contributed by atoms with Gasteiger partial charge in [-0.05, 0) is 7.05 Å². The monoisotopic (exact) mass is 187 g/mol. The Morgan fingerprint density at radius 3 is 3.25 bits per heavy atom. The first-order valence-corrected chi connectivity index (χ1v) is 4.76. The van der Waals surface area contributed by atoms with Crippen LogP contribution < -0.4 is 5.32 Å². The molecule has 3 N–H and O–H groups in total. The molecule has 0 aromatic carbocycles. The lowest BCUT2D eigenvalue weighted by Gasteiger charge is -2.06. The first kappa shape index (κ1) is 9.57. The molecule has 1 aromatic rings. The molecule has 1 rings (SSSR count). The van der Waals surface area contributed by atoms with Crippen molar-refractivity contribution < 1.29 is 5.11 Å². The molecule has 5 heteroatoms. The Kier molecular flexibility index (Phi) is 4.13. The van der Waals surface area contributed by atoms with Gasteiger partial charge in [-0.25, -0.2) is 4.98 Å². The maximum absolute atomic E-state index is 9.32. The maximum Gasteiger partial charge on any atom is 0.165 e. The molecule has 1 unspecified atom stereocenters. The van der Waals surface area contributed by atoms with Gasteiger partial charge in [0, 0.05) is 24.7 Å². The molecule has 0 saturated heterocycles. The van der Waals surface area contributed by atoms with Crippen LogP contribution in [0, 0.1) is 0 Å². The number of hydrogen-bond acceptors (Lipinski definition) is 4. The fraction of sp³-hybridized carbons (Fsp3) is 0.571. The minimum Gasteiger partial charge on any atom is -0.391 e. The van der Waals surface area contributed by atoms with Crippen LogP contribution in [0.15, 0.2) is 17.6 Å². The number of thioether (sulfide) groups is 1. The molecular formula is C7H13N3OS. The van der Waals surface area contributed by atoms with E-state index in [9.17, 15) is 5.11 Å². The molecule has 68 valence electrons. The van der Waals surface area contributed by atoms with Crippen molar-refractivity contribution in [1.29, 1.82) is 0 Å². The first-order chi connectivity index (χ1) is 5.83. The van der Waals surface area contributed by atoms with Gasteiger partial charge in [-0.15, -0.1) is 0 Å². The van der Waals surface area contributed by atoms with E-state index in [0.717, 1.165) is 5.16 Å². The molecule has 1 heterocycles. The van der Waals surface area contributed by atoms with Gasteiger partial charge in [0.2, 0.25) is 0 Å². The molecule has 1 atom stereocenters. The molecule has 1 aromatic heterocycles. The Labute approximate surface area is 75.8 Å². The van der Waals surface area contributed by atoms with Crippen molar-refractivity contribution in [3.05, 3.63) is 12.4 Å². The van der Waals surface area contributed by atoms with E-state index in [1.807, 2.05) is 7.05 Å². The van der Waals surface area contributed by atoms with Crippen LogP contribution in [0.4, 0.5) is 0 Å². The fourth-order valence-electron chi connectivity index (χ4n) is 0.799. The van der Waals surface area contributed by atoms with Gasteiger partial charge in [0.15, 0.2) is 5.16 Å². The molecule has 0 fully saturated rings. The molecule has 0 bridgehead atoms. The lowest BCUT2D eigenvalue weighted by molar-refractivity contribution is 0.199. The number of hydrogen-bond donors (Lipinski definition) is 3. The molecule has 0 saturated carbocycles. The van der Waals surface area contributed by atoms with E-state index in [1.165, 1.54) is 11.8 Å². The Morgan fingerprint density at radius 2 is 2.67 bits per heavy atom. The molecule has 0 spiro atoms. The maximum atomic E-state index is 9.32. The Bertz CT molecular complexity index is 202. The molecule has 0 amide bonds. The highest BCUT2D eigenvalue weighted by Gasteiger charge is 2.03.